The Labute approximate surface area is 211 Å². The van der Waals surface area contributed by atoms with Gasteiger partial charge in [0.1, 0.15) is 24.9 Å². The molecule has 0 fully saturated rings. The lowest BCUT2D eigenvalue weighted by atomic mass is 10.0. The topological polar surface area (TPSA) is 90.9 Å². The van der Waals surface area contributed by atoms with Gasteiger partial charge in [0.15, 0.2) is 0 Å². The summed E-state index contributed by atoms with van der Waals surface area (Å²) in [5.74, 6) is -1.04. The Morgan fingerprint density at radius 2 is 1.25 bits per heavy atom. The summed E-state index contributed by atoms with van der Waals surface area (Å²) in [6, 6.07) is 24.4. The quantitative estimate of drug-likeness (QED) is 0.327. The van der Waals surface area contributed by atoms with Gasteiger partial charge in [-0.3, -0.25) is 0 Å². The van der Waals surface area contributed by atoms with Gasteiger partial charge in [-0.25, -0.2) is 14.4 Å². The second-order valence-electron chi connectivity index (χ2n) is 9.25. The molecule has 0 aromatic heterocycles. The average molecular weight is 490 g/mol. The fourth-order valence-electron chi connectivity index (χ4n) is 3.29. The Bertz CT molecular complexity index is 1140. The van der Waals surface area contributed by atoms with Crippen molar-refractivity contribution in [2.75, 3.05) is 0 Å². The Morgan fingerprint density at radius 1 is 0.722 bits per heavy atom. The minimum atomic E-state index is -0.973. The molecule has 0 radical (unpaired) electrons. The number of carbonyl (C=O) groups is 3. The van der Waals surface area contributed by atoms with Crippen LogP contribution in [0.5, 0.6) is 0 Å². The Hall–Kier alpha value is -4.13. The van der Waals surface area contributed by atoms with Gasteiger partial charge < -0.3 is 19.5 Å². The van der Waals surface area contributed by atoms with E-state index < -0.39 is 29.7 Å². The van der Waals surface area contributed by atoms with Crippen LogP contribution in [0.1, 0.15) is 47.8 Å². The van der Waals surface area contributed by atoms with Crippen molar-refractivity contribution in [2.24, 2.45) is 0 Å². The fraction of sp³-hybridized carbons (Fsp3) is 0.276. The van der Waals surface area contributed by atoms with Crippen LogP contribution in [-0.2, 0) is 38.6 Å². The van der Waals surface area contributed by atoms with Crippen molar-refractivity contribution in [3.05, 3.63) is 107 Å². The molecule has 1 atom stereocenters. The molecule has 0 aliphatic heterocycles. The van der Waals surface area contributed by atoms with Crippen LogP contribution < -0.4 is 5.32 Å². The normalized spacial score (nSPS) is 11.8. The minimum absolute atomic E-state index is 0.0817. The largest absolute Gasteiger partial charge is 0.459 e. The SMILES string of the molecule is CC(C)(C)OC(=O)N[C@@H](Cc1ccc(C(=O)OCc2ccccc2)cc1)C(=O)OCc1ccccc1. The molecular formula is C29H31NO6. The molecule has 0 saturated carbocycles. The molecule has 0 heterocycles. The van der Waals surface area contributed by atoms with Crippen LogP contribution in [0.25, 0.3) is 0 Å². The van der Waals surface area contributed by atoms with Gasteiger partial charge in [-0.15, -0.1) is 0 Å². The number of hydrogen-bond donors (Lipinski definition) is 1. The molecule has 0 saturated heterocycles. The summed E-state index contributed by atoms with van der Waals surface area (Å²) in [6.45, 7) is 5.48. The van der Waals surface area contributed by atoms with Crippen molar-refractivity contribution in [3.8, 4) is 0 Å². The first-order chi connectivity index (χ1) is 17.2. The highest BCUT2D eigenvalue weighted by atomic mass is 16.6. The molecule has 36 heavy (non-hydrogen) atoms. The number of hydrogen-bond acceptors (Lipinski definition) is 6. The molecule has 0 aliphatic rings. The van der Waals surface area contributed by atoms with Crippen LogP contribution in [0.3, 0.4) is 0 Å². The highest BCUT2D eigenvalue weighted by Crippen LogP contribution is 2.13. The second-order valence-corrected chi connectivity index (χ2v) is 9.25. The zero-order chi connectivity index (χ0) is 26.0. The summed E-state index contributed by atoms with van der Waals surface area (Å²) < 4.78 is 16.1. The van der Waals surface area contributed by atoms with Crippen molar-refractivity contribution in [1.29, 1.82) is 0 Å². The van der Waals surface area contributed by atoms with E-state index in [9.17, 15) is 14.4 Å². The first kappa shape index (κ1) is 26.5. The monoisotopic (exact) mass is 489 g/mol. The predicted molar refractivity (Wildman–Crippen MR) is 135 cm³/mol. The van der Waals surface area contributed by atoms with E-state index in [2.05, 4.69) is 5.32 Å². The van der Waals surface area contributed by atoms with E-state index in [1.807, 2.05) is 60.7 Å². The molecular weight excluding hydrogens is 458 g/mol. The summed E-state index contributed by atoms with van der Waals surface area (Å²) in [6.07, 6.45) is -0.558. The van der Waals surface area contributed by atoms with Gasteiger partial charge in [-0.1, -0.05) is 72.8 Å². The first-order valence-electron chi connectivity index (χ1n) is 11.7. The maximum Gasteiger partial charge on any atom is 0.408 e. The molecule has 7 nitrogen and oxygen atoms in total. The molecule has 0 spiro atoms. The van der Waals surface area contributed by atoms with Crippen molar-refractivity contribution in [3.63, 3.8) is 0 Å². The maximum atomic E-state index is 12.9. The van der Waals surface area contributed by atoms with Crippen LogP contribution in [0.15, 0.2) is 84.9 Å². The predicted octanol–water partition coefficient (Wildman–Crippen LogP) is 5.22. The van der Waals surface area contributed by atoms with Gasteiger partial charge in [0.25, 0.3) is 0 Å². The zero-order valence-electron chi connectivity index (χ0n) is 20.7. The number of ether oxygens (including phenoxy) is 3. The molecule has 3 rings (SSSR count). The Balaban J connectivity index is 1.63. The summed E-state index contributed by atoms with van der Waals surface area (Å²) in [5, 5.41) is 2.61. The maximum absolute atomic E-state index is 12.9. The number of carbonyl (C=O) groups excluding carboxylic acids is 3. The Kier molecular flexibility index (Phi) is 9.22. The van der Waals surface area contributed by atoms with Gasteiger partial charge in [0, 0.05) is 6.42 Å². The van der Waals surface area contributed by atoms with Crippen LogP contribution in [-0.4, -0.2) is 29.7 Å². The van der Waals surface area contributed by atoms with Gasteiger partial charge in [-0.05, 0) is 49.6 Å². The number of rotatable bonds is 9. The lowest BCUT2D eigenvalue weighted by Gasteiger charge is -2.23. The molecule has 188 valence electrons. The third-order valence-electron chi connectivity index (χ3n) is 5.04. The van der Waals surface area contributed by atoms with Crippen molar-refractivity contribution in [2.45, 2.75) is 52.0 Å². The van der Waals surface area contributed by atoms with Gasteiger partial charge in [-0.2, -0.15) is 0 Å². The number of nitrogens with one attached hydrogen (secondary N) is 1. The smallest absolute Gasteiger partial charge is 0.408 e. The third kappa shape index (κ3) is 8.91. The average Bonchev–Trinajstić information content (AvgIpc) is 2.86. The van der Waals surface area contributed by atoms with Crippen LogP contribution in [0, 0.1) is 0 Å². The van der Waals surface area contributed by atoms with Crippen molar-refractivity contribution < 1.29 is 28.6 Å². The lowest BCUT2D eigenvalue weighted by Crippen LogP contribution is -2.45. The highest BCUT2D eigenvalue weighted by molar-refractivity contribution is 5.89. The van der Waals surface area contributed by atoms with Gasteiger partial charge >= 0.3 is 18.0 Å². The highest BCUT2D eigenvalue weighted by Gasteiger charge is 2.26. The zero-order valence-corrected chi connectivity index (χ0v) is 20.7. The lowest BCUT2D eigenvalue weighted by molar-refractivity contribution is -0.147. The van der Waals surface area contributed by atoms with Crippen molar-refractivity contribution in [1.82, 2.24) is 5.32 Å². The van der Waals surface area contributed by atoms with E-state index in [1.54, 1.807) is 45.0 Å². The van der Waals surface area contributed by atoms with E-state index >= 15 is 0 Å². The van der Waals surface area contributed by atoms with Crippen LogP contribution in [0.2, 0.25) is 0 Å². The van der Waals surface area contributed by atoms with Gasteiger partial charge in [0.05, 0.1) is 5.56 Å². The third-order valence-corrected chi connectivity index (χ3v) is 5.04. The Morgan fingerprint density at radius 3 is 1.78 bits per heavy atom. The molecule has 1 amide bonds. The second kappa shape index (κ2) is 12.5. The molecule has 3 aromatic rings. The molecule has 1 N–H and O–H groups in total. The molecule has 7 heteroatoms. The number of amides is 1. The summed E-state index contributed by atoms with van der Waals surface area (Å²) >= 11 is 0. The van der Waals surface area contributed by atoms with E-state index in [-0.39, 0.29) is 19.6 Å². The van der Waals surface area contributed by atoms with E-state index in [0.29, 0.717) is 5.56 Å². The summed E-state index contributed by atoms with van der Waals surface area (Å²) in [7, 11) is 0. The summed E-state index contributed by atoms with van der Waals surface area (Å²) in [4.78, 5) is 37.6. The summed E-state index contributed by atoms with van der Waals surface area (Å²) in [5.41, 5.74) is 2.13. The number of esters is 2. The molecule has 0 unspecified atom stereocenters. The number of benzene rings is 3. The van der Waals surface area contributed by atoms with E-state index in [1.165, 1.54) is 0 Å². The minimum Gasteiger partial charge on any atom is -0.459 e. The van der Waals surface area contributed by atoms with E-state index in [4.69, 9.17) is 14.2 Å². The fourth-order valence-corrected chi connectivity index (χ4v) is 3.29. The molecule has 0 bridgehead atoms. The van der Waals surface area contributed by atoms with Crippen LogP contribution >= 0.6 is 0 Å². The molecule has 0 aliphatic carbocycles. The van der Waals surface area contributed by atoms with E-state index in [0.717, 1.165) is 16.7 Å². The van der Waals surface area contributed by atoms with Gasteiger partial charge in [0.2, 0.25) is 0 Å². The first-order valence-corrected chi connectivity index (χ1v) is 11.7. The standard InChI is InChI=1S/C29H31NO6/c1-29(2,3)36-28(33)30-25(27(32)35-20-23-12-8-5-9-13-23)18-21-14-16-24(17-15-21)26(31)34-19-22-10-6-4-7-11-22/h4-17,25H,18-20H2,1-3H3,(H,30,33)/t25-/m0/s1. The number of alkyl carbamates (subject to hydrolysis) is 1. The van der Waals surface area contributed by atoms with Crippen LogP contribution in [0.4, 0.5) is 4.79 Å². The molecule has 3 aromatic carbocycles. The van der Waals surface area contributed by atoms with Crippen molar-refractivity contribution >= 4 is 18.0 Å².